The number of anilines is 1. The number of ether oxygens (including phenoxy) is 1. The van der Waals surface area contributed by atoms with Gasteiger partial charge in [-0.2, -0.15) is 0 Å². The maximum absolute atomic E-state index is 11.4. The number of nitrogens with one attached hydrogen (secondary N) is 2. The van der Waals surface area contributed by atoms with Gasteiger partial charge in [0.1, 0.15) is 18.1 Å². The first-order valence-corrected chi connectivity index (χ1v) is 13.3. The Hall–Kier alpha value is -3.60. The van der Waals surface area contributed by atoms with Crippen LogP contribution in [0.2, 0.25) is 0 Å². The van der Waals surface area contributed by atoms with Crippen molar-refractivity contribution in [3.8, 4) is 22.6 Å². The number of rotatable bonds is 12. The van der Waals surface area contributed by atoms with Gasteiger partial charge in [-0.3, -0.25) is 4.72 Å². The number of carboxylic acids is 1. The molecule has 0 saturated heterocycles. The molecule has 0 saturated carbocycles. The summed E-state index contributed by atoms with van der Waals surface area (Å²) in [6.07, 6.45) is 0.695. The van der Waals surface area contributed by atoms with Crippen molar-refractivity contribution in [2.24, 2.45) is 0 Å². The number of aromatic hydroxyl groups is 1. The number of carboxylic acid groups (broad SMARTS) is 1. The van der Waals surface area contributed by atoms with Gasteiger partial charge in [0.2, 0.25) is 10.0 Å². The number of carbonyl (C=O) groups is 1. The topological polar surface area (TPSA) is 145 Å². The number of hydrogen-bond acceptors (Lipinski definition) is 7. The van der Waals surface area contributed by atoms with E-state index in [-0.39, 0.29) is 18.0 Å². The zero-order valence-electron chi connectivity index (χ0n) is 20.1. The van der Waals surface area contributed by atoms with E-state index >= 15 is 0 Å². The maximum Gasteiger partial charge on any atom is 0.335 e. The number of aromatic carboxylic acids is 1. The minimum atomic E-state index is -3.56. The Balaban J connectivity index is 1.49. The molecule has 0 fully saturated rings. The number of benzene rings is 3. The molecule has 0 aliphatic heterocycles. The average Bonchev–Trinajstić information content (AvgIpc) is 2.84. The van der Waals surface area contributed by atoms with Gasteiger partial charge in [-0.15, -0.1) is 0 Å². The van der Waals surface area contributed by atoms with Gasteiger partial charge in [-0.1, -0.05) is 37.3 Å². The summed E-state index contributed by atoms with van der Waals surface area (Å²) in [5, 5.41) is 32.6. The van der Waals surface area contributed by atoms with E-state index in [1.165, 1.54) is 18.2 Å². The van der Waals surface area contributed by atoms with E-state index in [1.54, 1.807) is 12.1 Å². The van der Waals surface area contributed by atoms with Crippen LogP contribution in [0.5, 0.6) is 11.5 Å². The number of aliphatic hydroxyl groups excluding tert-OH is 1. The molecule has 10 heteroatoms. The highest BCUT2D eigenvalue weighted by atomic mass is 32.2. The number of hydrogen-bond donors (Lipinski definition) is 5. The third-order valence-corrected chi connectivity index (χ3v) is 6.08. The number of sulfonamides is 1. The third kappa shape index (κ3) is 7.45. The molecule has 36 heavy (non-hydrogen) atoms. The lowest BCUT2D eigenvalue weighted by Gasteiger charge is -2.15. The van der Waals surface area contributed by atoms with Gasteiger partial charge in [0.15, 0.2) is 0 Å². The molecule has 3 aromatic carbocycles. The van der Waals surface area contributed by atoms with Crippen molar-refractivity contribution in [2.75, 3.05) is 30.7 Å². The van der Waals surface area contributed by atoms with Crippen LogP contribution in [0.1, 0.15) is 34.5 Å². The first kappa shape index (κ1) is 27.0. The molecule has 0 heterocycles. The Morgan fingerprint density at radius 1 is 1.03 bits per heavy atom. The number of phenolic OH excluding ortho intramolecular Hbond substituents is 1. The molecular weight excluding hydrogens is 484 g/mol. The zero-order chi connectivity index (χ0) is 26.3. The summed E-state index contributed by atoms with van der Waals surface area (Å²) < 4.78 is 30.8. The van der Waals surface area contributed by atoms with Crippen LogP contribution in [0, 0.1) is 0 Å². The van der Waals surface area contributed by atoms with Gasteiger partial charge in [0, 0.05) is 13.1 Å². The summed E-state index contributed by atoms with van der Waals surface area (Å²) in [5.41, 5.74) is 3.44. The normalized spacial score (nSPS) is 12.2. The Morgan fingerprint density at radius 3 is 2.36 bits per heavy atom. The van der Waals surface area contributed by atoms with Gasteiger partial charge in [0.25, 0.3) is 0 Å². The number of phenols is 1. The van der Waals surface area contributed by atoms with Crippen molar-refractivity contribution in [3.05, 3.63) is 77.4 Å². The van der Waals surface area contributed by atoms with Crippen LogP contribution in [0.4, 0.5) is 5.69 Å². The lowest BCUT2D eigenvalue weighted by Crippen LogP contribution is -2.26. The molecule has 1 atom stereocenters. The first-order valence-electron chi connectivity index (χ1n) is 11.4. The summed E-state index contributed by atoms with van der Waals surface area (Å²) in [5.74, 6) is -0.485. The second-order valence-corrected chi connectivity index (χ2v) is 10.0. The molecule has 0 amide bonds. The Bertz CT molecular complexity index is 1310. The number of aliphatic hydroxyl groups is 1. The van der Waals surface area contributed by atoms with Crippen molar-refractivity contribution in [1.82, 2.24) is 5.32 Å². The highest BCUT2D eigenvalue weighted by Gasteiger charge is 2.13. The molecule has 192 valence electrons. The van der Waals surface area contributed by atoms with Gasteiger partial charge in [-0.25, -0.2) is 13.2 Å². The van der Waals surface area contributed by atoms with Crippen molar-refractivity contribution >= 4 is 21.7 Å². The molecule has 0 spiro atoms. The highest BCUT2D eigenvalue weighted by molar-refractivity contribution is 7.92. The van der Waals surface area contributed by atoms with E-state index in [0.29, 0.717) is 36.4 Å². The molecule has 3 rings (SSSR count). The summed E-state index contributed by atoms with van der Waals surface area (Å²) in [4.78, 5) is 11.3. The van der Waals surface area contributed by atoms with Crippen molar-refractivity contribution in [2.45, 2.75) is 19.4 Å². The van der Waals surface area contributed by atoms with Crippen LogP contribution in [-0.2, 0) is 16.4 Å². The highest BCUT2D eigenvalue weighted by Crippen LogP contribution is 2.28. The maximum atomic E-state index is 11.4. The predicted octanol–water partition coefficient (Wildman–Crippen LogP) is 3.39. The van der Waals surface area contributed by atoms with Gasteiger partial charge in [-0.05, 0) is 59.0 Å². The Labute approximate surface area is 210 Å². The van der Waals surface area contributed by atoms with Gasteiger partial charge >= 0.3 is 5.97 Å². The van der Waals surface area contributed by atoms with E-state index in [0.717, 1.165) is 22.9 Å². The minimum Gasteiger partial charge on any atom is -0.506 e. The van der Waals surface area contributed by atoms with Crippen LogP contribution in [0.15, 0.2) is 60.7 Å². The largest absolute Gasteiger partial charge is 0.506 e. The fourth-order valence-corrected chi connectivity index (χ4v) is 4.22. The van der Waals surface area contributed by atoms with Crippen LogP contribution in [0.25, 0.3) is 11.1 Å². The molecule has 0 unspecified atom stereocenters. The third-order valence-electron chi connectivity index (χ3n) is 5.49. The summed E-state index contributed by atoms with van der Waals surface area (Å²) >= 11 is 0. The summed E-state index contributed by atoms with van der Waals surface area (Å²) in [6, 6.07) is 17.0. The van der Waals surface area contributed by atoms with Gasteiger partial charge in [0.05, 0.1) is 23.6 Å². The van der Waals surface area contributed by atoms with E-state index in [9.17, 15) is 28.5 Å². The predicted molar refractivity (Wildman–Crippen MR) is 138 cm³/mol. The fraction of sp³-hybridized carbons (Fsp3) is 0.269. The monoisotopic (exact) mass is 514 g/mol. The quantitative estimate of drug-likeness (QED) is 0.183. The van der Waals surface area contributed by atoms with Crippen LogP contribution in [0.3, 0.4) is 0 Å². The second kappa shape index (κ2) is 11.9. The van der Waals surface area contributed by atoms with Crippen molar-refractivity contribution < 1.29 is 33.3 Å². The summed E-state index contributed by atoms with van der Waals surface area (Å²) in [6.45, 7) is 2.95. The van der Waals surface area contributed by atoms with Crippen molar-refractivity contribution in [3.63, 3.8) is 0 Å². The van der Waals surface area contributed by atoms with Crippen LogP contribution in [-0.4, -0.2) is 55.7 Å². The molecule has 0 radical (unpaired) electrons. The Kier molecular flexibility index (Phi) is 8.92. The van der Waals surface area contributed by atoms with E-state index in [4.69, 9.17) is 4.74 Å². The van der Waals surface area contributed by atoms with Crippen molar-refractivity contribution in [1.29, 1.82) is 0 Å². The molecule has 0 aliphatic rings. The van der Waals surface area contributed by atoms with E-state index < -0.39 is 22.1 Å². The SMILES string of the molecule is CCc1cc(-c2ccc(OCCNC[C@@H](O)c3ccc(O)c(NS(C)(=O)=O)c3)cc2)ccc1C(=O)O. The van der Waals surface area contributed by atoms with E-state index in [2.05, 4.69) is 10.0 Å². The van der Waals surface area contributed by atoms with E-state index in [1.807, 2.05) is 37.3 Å². The molecular formula is C26H30N2O7S. The second-order valence-electron chi connectivity index (χ2n) is 8.27. The van der Waals surface area contributed by atoms with Crippen LogP contribution < -0.4 is 14.8 Å². The molecule has 0 aromatic heterocycles. The lowest BCUT2D eigenvalue weighted by atomic mass is 9.98. The lowest BCUT2D eigenvalue weighted by molar-refractivity contribution is 0.0695. The zero-order valence-corrected chi connectivity index (χ0v) is 20.9. The minimum absolute atomic E-state index is 0.00424. The first-order chi connectivity index (χ1) is 17.1. The average molecular weight is 515 g/mol. The molecule has 9 nitrogen and oxygen atoms in total. The molecule has 0 aliphatic carbocycles. The molecule has 5 N–H and O–H groups in total. The standard InChI is InChI=1S/C26H30N2O7S/c1-3-17-14-19(6-10-22(17)26(31)32)18-4-8-21(9-5-18)35-13-12-27-16-25(30)20-7-11-24(29)23(15-20)28-36(2,33)34/h4-11,14-15,25,27-30H,3,12-13,16H2,1-2H3,(H,31,32)/t25-/m1/s1. The molecule has 3 aromatic rings. The number of aryl methyl sites for hydroxylation is 1. The summed E-state index contributed by atoms with van der Waals surface area (Å²) in [7, 11) is -3.56. The smallest absolute Gasteiger partial charge is 0.335 e. The Morgan fingerprint density at radius 2 is 1.72 bits per heavy atom. The van der Waals surface area contributed by atoms with Gasteiger partial charge < -0.3 is 25.4 Å². The molecule has 0 bridgehead atoms. The van der Waals surface area contributed by atoms with Crippen LogP contribution >= 0.6 is 0 Å². The fourth-order valence-electron chi connectivity index (χ4n) is 3.66.